The first-order chi connectivity index (χ1) is 23.3. The largest absolute Gasteiger partial charge is 0.262 e. The fourth-order valence-corrected chi connectivity index (χ4v) is 7.33. The van der Waals surface area contributed by atoms with Gasteiger partial charge in [0.25, 0.3) is 0 Å². The molecule has 9 rings (SSSR count). The van der Waals surface area contributed by atoms with Gasteiger partial charge in [-0.2, -0.15) is 0 Å². The minimum absolute atomic E-state index is 0.621. The van der Waals surface area contributed by atoms with Gasteiger partial charge in [0.15, 0.2) is 17.5 Å². The Balaban J connectivity index is 1.15. The van der Waals surface area contributed by atoms with E-state index in [-0.39, 0.29) is 0 Å². The Kier molecular flexibility index (Phi) is 6.58. The molecule has 0 N–H and O–H groups in total. The van der Waals surface area contributed by atoms with Crippen LogP contribution in [-0.2, 0) is 0 Å². The summed E-state index contributed by atoms with van der Waals surface area (Å²) in [7, 11) is 0. The number of hydrogen-bond donors (Lipinski definition) is 0. The van der Waals surface area contributed by atoms with E-state index in [1.165, 1.54) is 25.7 Å². The van der Waals surface area contributed by atoms with Crippen LogP contribution in [0.5, 0.6) is 0 Å². The number of fused-ring (bicyclic) bond motifs is 5. The van der Waals surface area contributed by atoms with Gasteiger partial charge in [-0.3, -0.25) is 4.98 Å². The maximum Gasteiger partial charge on any atom is 0.164 e. The third-order valence-electron chi connectivity index (χ3n) is 8.45. The topological polar surface area (TPSA) is 64.5 Å². The average Bonchev–Trinajstić information content (AvgIpc) is 3.55. The van der Waals surface area contributed by atoms with Crippen molar-refractivity contribution in [3.8, 4) is 56.5 Å². The van der Waals surface area contributed by atoms with E-state index in [2.05, 4.69) is 108 Å². The Morgan fingerprint density at radius 1 is 0.404 bits per heavy atom. The first kappa shape index (κ1) is 27.2. The minimum Gasteiger partial charge on any atom is -0.262 e. The van der Waals surface area contributed by atoms with Crippen molar-refractivity contribution in [2.75, 3.05) is 0 Å². The van der Waals surface area contributed by atoms with E-state index in [9.17, 15) is 0 Å². The molecule has 9 aromatic rings. The summed E-state index contributed by atoms with van der Waals surface area (Å²) >= 11 is 1.78. The van der Waals surface area contributed by atoms with Crippen LogP contribution in [0.4, 0.5) is 0 Å². The molecule has 220 valence electrons. The molecule has 4 aromatic heterocycles. The Bertz CT molecular complexity index is 2540. The van der Waals surface area contributed by atoms with Crippen molar-refractivity contribution in [3.05, 3.63) is 152 Å². The lowest BCUT2D eigenvalue weighted by atomic mass is 10.0. The van der Waals surface area contributed by atoms with E-state index < -0.39 is 0 Å². The van der Waals surface area contributed by atoms with Crippen LogP contribution < -0.4 is 0 Å². The maximum absolute atomic E-state index is 5.11. The van der Waals surface area contributed by atoms with E-state index in [1.54, 1.807) is 11.3 Å². The number of pyridine rings is 2. The quantitative estimate of drug-likeness (QED) is 0.192. The normalized spacial score (nSPS) is 11.4. The van der Waals surface area contributed by atoms with Crippen molar-refractivity contribution < 1.29 is 0 Å². The van der Waals surface area contributed by atoms with Crippen LogP contribution in [0.1, 0.15) is 0 Å². The van der Waals surface area contributed by atoms with Crippen LogP contribution in [0.15, 0.2) is 152 Å². The molecule has 5 aromatic carbocycles. The minimum atomic E-state index is 0.621. The molecule has 0 saturated carbocycles. The SMILES string of the molecule is c1ccc(-c2ccc(-c3nc(-c4ccccc4)nc(-c4ccc(-c5nc6cnccc6c6c5sc5ccccc56)cc4)n3)cc2)cc1. The van der Waals surface area contributed by atoms with Crippen molar-refractivity contribution in [2.45, 2.75) is 0 Å². The van der Waals surface area contributed by atoms with E-state index in [4.69, 9.17) is 19.9 Å². The lowest BCUT2D eigenvalue weighted by molar-refractivity contribution is 1.07. The van der Waals surface area contributed by atoms with Gasteiger partial charge in [0.05, 0.1) is 22.1 Å². The standard InChI is InChI=1S/C41H25N5S/c1-3-9-26(10-4-1)27-15-19-30(20-16-27)40-44-39(29-11-5-2-6-12-29)45-41(46-40)31-21-17-28(18-22-31)37-38-36(32-23-24-42-25-34(32)43-37)33-13-7-8-14-35(33)47-38/h1-25H. The lowest BCUT2D eigenvalue weighted by Gasteiger charge is -2.10. The van der Waals surface area contributed by atoms with E-state index >= 15 is 0 Å². The fourth-order valence-electron chi connectivity index (χ4n) is 6.10. The second kappa shape index (κ2) is 11.4. The van der Waals surface area contributed by atoms with Crippen LogP contribution >= 0.6 is 11.3 Å². The first-order valence-electron chi connectivity index (χ1n) is 15.4. The van der Waals surface area contributed by atoms with Crippen LogP contribution in [0.3, 0.4) is 0 Å². The van der Waals surface area contributed by atoms with Gasteiger partial charge in [-0.1, -0.05) is 127 Å². The van der Waals surface area contributed by atoms with Crippen molar-refractivity contribution in [3.63, 3.8) is 0 Å². The van der Waals surface area contributed by atoms with E-state index in [1.807, 2.05) is 48.8 Å². The molecular weight excluding hydrogens is 595 g/mol. The molecule has 47 heavy (non-hydrogen) atoms. The van der Waals surface area contributed by atoms with Crippen LogP contribution in [-0.4, -0.2) is 24.9 Å². The van der Waals surface area contributed by atoms with Crippen LogP contribution in [0.25, 0.3) is 87.6 Å². The zero-order valence-electron chi connectivity index (χ0n) is 25.1. The summed E-state index contributed by atoms with van der Waals surface area (Å²) in [6.07, 6.45) is 3.69. The Hall–Kier alpha value is -6.11. The average molecular weight is 620 g/mol. The molecule has 0 spiro atoms. The first-order valence-corrected chi connectivity index (χ1v) is 16.2. The number of aromatic nitrogens is 5. The van der Waals surface area contributed by atoms with Crippen LogP contribution in [0.2, 0.25) is 0 Å². The summed E-state index contributed by atoms with van der Waals surface area (Å²) in [5, 5.41) is 3.59. The zero-order valence-corrected chi connectivity index (χ0v) is 25.9. The Morgan fingerprint density at radius 3 is 1.57 bits per heavy atom. The van der Waals surface area contributed by atoms with Crippen molar-refractivity contribution in [1.29, 1.82) is 0 Å². The highest BCUT2D eigenvalue weighted by Crippen LogP contribution is 2.42. The summed E-state index contributed by atoms with van der Waals surface area (Å²) < 4.78 is 2.42. The molecular formula is C41H25N5S. The highest BCUT2D eigenvalue weighted by Gasteiger charge is 2.17. The molecule has 0 fully saturated rings. The molecule has 0 unspecified atom stereocenters. The summed E-state index contributed by atoms with van der Waals surface area (Å²) in [6.45, 7) is 0. The van der Waals surface area contributed by atoms with E-state index in [0.29, 0.717) is 17.5 Å². The van der Waals surface area contributed by atoms with Gasteiger partial charge in [-0.25, -0.2) is 19.9 Å². The zero-order chi connectivity index (χ0) is 31.2. The van der Waals surface area contributed by atoms with Crippen LogP contribution in [0, 0.1) is 0 Å². The molecule has 0 amide bonds. The highest BCUT2D eigenvalue weighted by molar-refractivity contribution is 7.26. The fraction of sp³-hybridized carbons (Fsp3) is 0. The third-order valence-corrected chi connectivity index (χ3v) is 9.62. The van der Waals surface area contributed by atoms with E-state index in [0.717, 1.165) is 44.4 Å². The summed E-state index contributed by atoms with van der Waals surface area (Å²) in [4.78, 5) is 24.3. The van der Waals surface area contributed by atoms with Gasteiger partial charge in [0.1, 0.15) is 0 Å². The number of benzene rings is 5. The second-order valence-electron chi connectivity index (χ2n) is 11.3. The summed E-state index contributed by atoms with van der Waals surface area (Å²) in [5.74, 6) is 1.89. The number of rotatable bonds is 5. The number of nitrogens with zero attached hydrogens (tertiary/aromatic N) is 5. The lowest BCUT2D eigenvalue weighted by Crippen LogP contribution is -2.00. The second-order valence-corrected chi connectivity index (χ2v) is 12.4. The predicted octanol–water partition coefficient (Wildman–Crippen LogP) is 10.5. The monoisotopic (exact) mass is 619 g/mol. The molecule has 4 heterocycles. The molecule has 0 aliphatic carbocycles. The molecule has 0 saturated heterocycles. The smallest absolute Gasteiger partial charge is 0.164 e. The van der Waals surface area contributed by atoms with Crippen molar-refractivity contribution >= 4 is 42.4 Å². The molecule has 6 heteroatoms. The van der Waals surface area contributed by atoms with Gasteiger partial charge in [-0.15, -0.1) is 11.3 Å². The molecule has 0 bridgehead atoms. The van der Waals surface area contributed by atoms with Gasteiger partial charge in [0, 0.05) is 49.3 Å². The molecule has 5 nitrogen and oxygen atoms in total. The number of thiophene rings is 1. The Morgan fingerprint density at radius 2 is 0.915 bits per heavy atom. The van der Waals surface area contributed by atoms with Gasteiger partial charge >= 0.3 is 0 Å². The third kappa shape index (κ3) is 4.92. The predicted molar refractivity (Wildman–Crippen MR) is 193 cm³/mol. The Labute approximate surface area is 275 Å². The number of hydrogen-bond acceptors (Lipinski definition) is 6. The highest BCUT2D eigenvalue weighted by atomic mass is 32.1. The molecule has 0 aliphatic rings. The van der Waals surface area contributed by atoms with Crippen molar-refractivity contribution in [2.24, 2.45) is 0 Å². The maximum atomic E-state index is 5.11. The summed E-state index contributed by atoms with van der Waals surface area (Å²) in [5.41, 5.74) is 7.97. The van der Waals surface area contributed by atoms with Crippen molar-refractivity contribution in [1.82, 2.24) is 24.9 Å². The van der Waals surface area contributed by atoms with Gasteiger partial charge < -0.3 is 0 Å². The molecule has 0 radical (unpaired) electrons. The van der Waals surface area contributed by atoms with Gasteiger partial charge in [0.2, 0.25) is 0 Å². The molecule has 0 aliphatic heterocycles. The van der Waals surface area contributed by atoms with Gasteiger partial charge in [-0.05, 0) is 23.3 Å². The summed E-state index contributed by atoms with van der Waals surface area (Å²) in [6, 6.07) is 47.8. The molecule has 0 atom stereocenters.